The average molecular weight is 262 g/mol. The monoisotopic (exact) mass is 261 g/mol. The molecule has 0 bridgehead atoms. The lowest BCUT2D eigenvalue weighted by atomic mass is 10.0. The van der Waals surface area contributed by atoms with Gasteiger partial charge in [-0.3, -0.25) is 0 Å². The maximum atomic E-state index is 3.53. The van der Waals surface area contributed by atoms with Crippen LogP contribution in [0.25, 0.3) is 0 Å². The Morgan fingerprint density at radius 2 is 2.15 bits per heavy atom. The van der Waals surface area contributed by atoms with Gasteiger partial charge in [-0.25, -0.2) is 0 Å². The van der Waals surface area contributed by atoms with Gasteiger partial charge in [-0.15, -0.1) is 0 Å². The van der Waals surface area contributed by atoms with Crippen LogP contribution in [0.5, 0.6) is 0 Å². The molecule has 0 radical (unpaired) electrons. The highest BCUT2D eigenvalue weighted by Gasteiger charge is 2.14. The Hall–Kier alpha value is 0.140. The summed E-state index contributed by atoms with van der Waals surface area (Å²) >= 11 is 5.26. The van der Waals surface area contributed by atoms with Crippen molar-refractivity contribution < 1.29 is 0 Å². The van der Waals surface area contributed by atoms with Gasteiger partial charge in [0.25, 0.3) is 0 Å². The van der Waals surface area contributed by atoms with Gasteiger partial charge < -0.3 is 5.32 Å². The fraction of sp³-hybridized carbons (Fsp3) is 0.600. The fourth-order valence-corrected chi connectivity index (χ4v) is 2.34. The van der Waals surface area contributed by atoms with E-state index in [1.807, 2.05) is 0 Å². The summed E-state index contributed by atoms with van der Waals surface area (Å²) in [4.78, 5) is 0. The van der Waals surface area contributed by atoms with E-state index in [0.29, 0.717) is 0 Å². The molecule has 0 aliphatic rings. The number of rotatable bonds is 4. The van der Waals surface area contributed by atoms with Crippen LogP contribution in [-0.2, 0) is 6.54 Å². The molecule has 0 aliphatic heterocycles. The van der Waals surface area contributed by atoms with Gasteiger partial charge in [0.2, 0.25) is 0 Å². The summed E-state index contributed by atoms with van der Waals surface area (Å²) in [5.41, 5.74) is 1.59. The van der Waals surface area contributed by atoms with E-state index in [2.05, 4.69) is 52.8 Å². The molecule has 1 aromatic rings. The number of hydrogen-bond donors (Lipinski definition) is 1. The van der Waals surface area contributed by atoms with Crippen molar-refractivity contribution in [1.29, 1.82) is 0 Å². The average Bonchev–Trinajstić information content (AvgIpc) is 2.48. The molecule has 3 heteroatoms. The van der Waals surface area contributed by atoms with Gasteiger partial charge >= 0.3 is 0 Å². The van der Waals surface area contributed by atoms with Crippen LogP contribution in [0.4, 0.5) is 0 Å². The number of hydrogen-bond acceptors (Lipinski definition) is 2. The van der Waals surface area contributed by atoms with E-state index in [0.717, 1.165) is 13.0 Å². The van der Waals surface area contributed by atoms with Gasteiger partial charge in [0.05, 0.1) is 0 Å². The first kappa shape index (κ1) is 11.2. The van der Waals surface area contributed by atoms with Gasteiger partial charge in [-0.1, -0.05) is 6.92 Å². The molecule has 13 heavy (non-hydrogen) atoms. The van der Waals surface area contributed by atoms with E-state index >= 15 is 0 Å². The molecular formula is C10H16BrNS. The summed E-state index contributed by atoms with van der Waals surface area (Å²) < 4.78 is 1.22. The quantitative estimate of drug-likeness (QED) is 0.870. The lowest BCUT2D eigenvalue weighted by molar-refractivity contribution is 0.374. The van der Waals surface area contributed by atoms with Crippen LogP contribution in [0.15, 0.2) is 15.2 Å². The molecule has 1 N–H and O–H groups in total. The van der Waals surface area contributed by atoms with Crippen LogP contribution in [0, 0.1) is 0 Å². The zero-order chi connectivity index (χ0) is 9.90. The second-order valence-electron chi connectivity index (χ2n) is 3.84. The molecule has 74 valence electrons. The molecule has 1 heterocycles. The van der Waals surface area contributed by atoms with E-state index in [1.165, 1.54) is 10.0 Å². The minimum absolute atomic E-state index is 0.237. The van der Waals surface area contributed by atoms with E-state index in [1.54, 1.807) is 11.3 Å². The molecule has 0 saturated carbocycles. The molecular weight excluding hydrogens is 246 g/mol. The Morgan fingerprint density at radius 3 is 2.62 bits per heavy atom. The van der Waals surface area contributed by atoms with Crippen LogP contribution >= 0.6 is 27.3 Å². The zero-order valence-corrected chi connectivity index (χ0v) is 10.8. The summed E-state index contributed by atoms with van der Waals surface area (Å²) in [7, 11) is 0. The molecule has 0 aliphatic carbocycles. The number of nitrogens with one attached hydrogen (secondary N) is 1. The lowest BCUT2D eigenvalue weighted by Gasteiger charge is -2.24. The normalized spacial score (nSPS) is 12.0. The summed E-state index contributed by atoms with van der Waals surface area (Å²) in [5.74, 6) is 0. The second-order valence-corrected chi connectivity index (χ2v) is 5.43. The lowest BCUT2D eigenvalue weighted by Crippen LogP contribution is -2.37. The SMILES string of the molecule is CCC(C)(C)NCc1cscc1Br. The van der Waals surface area contributed by atoms with Crippen LogP contribution in [0.3, 0.4) is 0 Å². The smallest absolute Gasteiger partial charge is 0.0327 e. The Kier molecular flexibility index (Phi) is 3.95. The molecule has 1 aromatic heterocycles. The summed E-state index contributed by atoms with van der Waals surface area (Å²) in [6.07, 6.45) is 1.15. The molecule has 0 amide bonds. The van der Waals surface area contributed by atoms with Crippen LogP contribution in [0.2, 0.25) is 0 Å². The maximum absolute atomic E-state index is 3.53. The first-order chi connectivity index (χ1) is 6.05. The van der Waals surface area contributed by atoms with Crippen molar-refractivity contribution in [2.45, 2.75) is 39.3 Å². The molecule has 0 fully saturated rings. The molecule has 0 aromatic carbocycles. The van der Waals surface area contributed by atoms with E-state index in [4.69, 9.17) is 0 Å². The Morgan fingerprint density at radius 1 is 1.46 bits per heavy atom. The largest absolute Gasteiger partial charge is 0.308 e. The summed E-state index contributed by atoms with van der Waals surface area (Å²) in [6.45, 7) is 7.61. The Balaban J connectivity index is 2.48. The molecule has 1 nitrogen and oxygen atoms in total. The van der Waals surface area contributed by atoms with Crippen LogP contribution < -0.4 is 5.32 Å². The molecule has 0 spiro atoms. The van der Waals surface area contributed by atoms with Crippen LogP contribution in [0.1, 0.15) is 32.8 Å². The minimum atomic E-state index is 0.237. The van der Waals surface area contributed by atoms with E-state index < -0.39 is 0 Å². The zero-order valence-electron chi connectivity index (χ0n) is 8.36. The minimum Gasteiger partial charge on any atom is -0.308 e. The highest BCUT2D eigenvalue weighted by molar-refractivity contribution is 9.10. The van der Waals surface area contributed by atoms with Crippen molar-refractivity contribution in [2.24, 2.45) is 0 Å². The fourth-order valence-electron chi connectivity index (χ4n) is 0.893. The molecule has 1 rings (SSSR count). The Bertz CT molecular complexity index is 268. The topological polar surface area (TPSA) is 12.0 Å². The van der Waals surface area contributed by atoms with Gasteiger partial charge in [0, 0.05) is 21.9 Å². The maximum Gasteiger partial charge on any atom is 0.0327 e. The van der Waals surface area contributed by atoms with Crippen molar-refractivity contribution in [3.63, 3.8) is 0 Å². The standard InChI is InChI=1S/C10H16BrNS/c1-4-10(2,3)12-5-8-6-13-7-9(8)11/h6-7,12H,4-5H2,1-3H3. The highest BCUT2D eigenvalue weighted by atomic mass is 79.9. The third-order valence-electron chi connectivity index (χ3n) is 2.33. The number of halogens is 1. The molecule has 0 atom stereocenters. The highest BCUT2D eigenvalue weighted by Crippen LogP contribution is 2.21. The molecule has 0 unspecified atom stereocenters. The van der Waals surface area contributed by atoms with Crippen LogP contribution in [-0.4, -0.2) is 5.54 Å². The summed E-state index contributed by atoms with van der Waals surface area (Å²) in [6, 6.07) is 0. The third-order valence-corrected chi connectivity index (χ3v) is 4.16. The Labute approximate surface area is 92.7 Å². The van der Waals surface area contributed by atoms with Gasteiger partial charge in [-0.05, 0) is 47.1 Å². The first-order valence-electron chi connectivity index (χ1n) is 4.51. The van der Waals surface area contributed by atoms with Gasteiger partial charge in [0.15, 0.2) is 0 Å². The van der Waals surface area contributed by atoms with Gasteiger partial charge in [0.1, 0.15) is 0 Å². The van der Waals surface area contributed by atoms with E-state index in [-0.39, 0.29) is 5.54 Å². The van der Waals surface area contributed by atoms with Crippen molar-refractivity contribution >= 4 is 27.3 Å². The predicted octanol–water partition coefficient (Wildman–Crippen LogP) is 3.79. The second kappa shape index (κ2) is 4.58. The van der Waals surface area contributed by atoms with Gasteiger partial charge in [-0.2, -0.15) is 11.3 Å². The third kappa shape index (κ3) is 3.41. The van der Waals surface area contributed by atoms with E-state index in [9.17, 15) is 0 Å². The molecule has 0 saturated heterocycles. The van der Waals surface area contributed by atoms with Crippen molar-refractivity contribution in [1.82, 2.24) is 5.32 Å². The number of thiophene rings is 1. The van der Waals surface area contributed by atoms with Crippen molar-refractivity contribution in [3.8, 4) is 0 Å². The van der Waals surface area contributed by atoms with Crippen molar-refractivity contribution in [2.75, 3.05) is 0 Å². The van der Waals surface area contributed by atoms with Crippen molar-refractivity contribution in [3.05, 3.63) is 20.8 Å². The predicted molar refractivity (Wildman–Crippen MR) is 63.2 cm³/mol. The first-order valence-corrected chi connectivity index (χ1v) is 6.24. The summed E-state index contributed by atoms with van der Waals surface area (Å²) in [5, 5.41) is 7.83.